The minimum absolute atomic E-state index is 0.0281. The Labute approximate surface area is 240 Å². The molecule has 1 aromatic carbocycles. The molecule has 1 aromatic rings. The molecule has 0 fully saturated rings. The number of carboxylic acids is 1. The number of benzene rings is 1. The average molecular weight is 545 g/mol. The maximum Gasteiger partial charge on any atom is 0.339 e. The fourth-order valence-electron chi connectivity index (χ4n) is 5.63. The van der Waals surface area contributed by atoms with Gasteiger partial charge in [-0.25, -0.2) is 9.59 Å². The SMILES string of the molecule is CCCCCCCCCCC(OC(=O)c1ccccc1C(=O)O)C(CCCCCCC)CCCCCCCC. The Kier molecular flexibility index (Phi) is 21.7. The van der Waals surface area contributed by atoms with Gasteiger partial charge in [-0.15, -0.1) is 0 Å². The lowest BCUT2D eigenvalue weighted by Gasteiger charge is -2.28. The summed E-state index contributed by atoms with van der Waals surface area (Å²) >= 11 is 0. The first-order chi connectivity index (χ1) is 19.0. The number of unbranched alkanes of at least 4 members (excludes halogenated alkanes) is 16. The predicted molar refractivity (Wildman–Crippen MR) is 165 cm³/mol. The van der Waals surface area contributed by atoms with Crippen LogP contribution in [0.1, 0.15) is 183 Å². The fourth-order valence-corrected chi connectivity index (χ4v) is 5.63. The van der Waals surface area contributed by atoms with Crippen LogP contribution >= 0.6 is 0 Å². The second-order valence-corrected chi connectivity index (χ2v) is 11.6. The van der Waals surface area contributed by atoms with Crippen LogP contribution in [0.15, 0.2) is 24.3 Å². The molecule has 4 nitrogen and oxygen atoms in total. The summed E-state index contributed by atoms with van der Waals surface area (Å²) in [7, 11) is 0. The molecule has 2 atom stereocenters. The number of hydrogen-bond acceptors (Lipinski definition) is 3. The lowest BCUT2D eigenvalue weighted by atomic mass is 9.87. The normalized spacial score (nSPS) is 12.8. The first kappa shape index (κ1) is 35.2. The third-order valence-electron chi connectivity index (χ3n) is 8.11. The van der Waals surface area contributed by atoms with Crippen LogP contribution in [-0.4, -0.2) is 23.1 Å². The van der Waals surface area contributed by atoms with Crippen molar-refractivity contribution in [2.75, 3.05) is 0 Å². The van der Waals surface area contributed by atoms with Gasteiger partial charge >= 0.3 is 11.9 Å². The predicted octanol–water partition coefficient (Wildman–Crippen LogP) is 11.2. The van der Waals surface area contributed by atoms with E-state index in [4.69, 9.17) is 4.74 Å². The number of aromatic carboxylic acids is 1. The second-order valence-electron chi connectivity index (χ2n) is 11.6. The number of carbonyl (C=O) groups is 2. The summed E-state index contributed by atoms with van der Waals surface area (Å²) in [6, 6.07) is 6.47. The molecule has 1 rings (SSSR count). The van der Waals surface area contributed by atoms with Gasteiger partial charge in [0.1, 0.15) is 6.10 Å². The Morgan fingerprint density at radius 2 is 0.974 bits per heavy atom. The van der Waals surface area contributed by atoms with E-state index in [9.17, 15) is 14.7 Å². The molecule has 0 heterocycles. The molecule has 0 amide bonds. The van der Waals surface area contributed by atoms with Gasteiger partial charge in [-0.1, -0.05) is 148 Å². The van der Waals surface area contributed by atoms with Crippen LogP contribution in [0.2, 0.25) is 0 Å². The van der Waals surface area contributed by atoms with E-state index in [2.05, 4.69) is 20.8 Å². The summed E-state index contributed by atoms with van der Waals surface area (Å²) in [5, 5.41) is 9.62. The van der Waals surface area contributed by atoms with Crippen LogP contribution in [0.4, 0.5) is 0 Å². The van der Waals surface area contributed by atoms with E-state index in [1.54, 1.807) is 18.2 Å². The zero-order valence-corrected chi connectivity index (χ0v) is 25.7. The molecule has 39 heavy (non-hydrogen) atoms. The summed E-state index contributed by atoms with van der Waals surface area (Å²) in [5.74, 6) is -1.21. The maximum absolute atomic E-state index is 13.3. The Morgan fingerprint density at radius 3 is 1.41 bits per heavy atom. The van der Waals surface area contributed by atoms with E-state index in [1.807, 2.05) is 0 Å². The van der Waals surface area contributed by atoms with Gasteiger partial charge in [0.05, 0.1) is 11.1 Å². The molecule has 0 aliphatic rings. The summed E-state index contributed by atoms with van der Waals surface area (Å²) in [4.78, 5) is 25.1. The molecule has 0 saturated heterocycles. The zero-order valence-electron chi connectivity index (χ0n) is 25.7. The lowest BCUT2D eigenvalue weighted by molar-refractivity contribution is 0.00614. The molecule has 0 aromatic heterocycles. The number of ether oxygens (including phenoxy) is 1. The van der Waals surface area contributed by atoms with Crippen molar-refractivity contribution in [1.82, 2.24) is 0 Å². The maximum atomic E-state index is 13.3. The Bertz CT molecular complexity index is 744. The van der Waals surface area contributed by atoms with E-state index in [-0.39, 0.29) is 17.2 Å². The Hall–Kier alpha value is -1.84. The Morgan fingerprint density at radius 1 is 0.590 bits per heavy atom. The van der Waals surface area contributed by atoms with Crippen LogP contribution in [0, 0.1) is 5.92 Å². The third kappa shape index (κ3) is 16.8. The molecular weight excluding hydrogens is 484 g/mol. The highest BCUT2D eigenvalue weighted by atomic mass is 16.5. The van der Waals surface area contributed by atoms with Gasteiger partial charge in [-0.05, 0) is 43.7 Å². The van der Waals surface area contributed by atoms with Gasteiger partial charge in [0.25, 0.3) is 0 Å². The molecule has 0 spiro atoms. The second kappa shape index (κ2) is 24.0. The van der Waals surface area contributed by atoms with Crippen molar-refractivity contribution >= 4 is 11.9 Å². The molecule has 2 unspecified atom stereocenters. The van der Waals surface area contributed by atoms with Crippen molar-refractivity contribution in [3.05, 3.63) is 35.4 Å². The standard InChI is InChI=1S/C35H60O4/c1-4-7-10-13-15-16-19-22-29-33(39-35(38)32-28-24-23-27-31(32)34(36)37)30(25-20-17-12-9-6-3)26-21-18-14-11-8-5-2/h23-24,27-28,30,33H,4-22,25-26,29H2,1-3H3,(H,36,37). The van der Waals surface area contributed by atoms with Crippen LogP contribution < -0.4 is 0 Å². The molecule has 0 aliphatic heterocycles. The molecule has 0 aliphatic carbocycles. The summed E-state index contributed by atoms with van der Waals surface area (Å²) in [5.41, 5.74) is 0.201. The first-order valence-corrected chi connectivity index (χ1v) is 16.6. The van der Waals surface area contributed by atoms with Crippen molar-refractivity contribution in [2.24, 2.45) is 5.92 Å². The molecule has 0 bridgehead atoms. The first-order valence-electron chi connectivity index (χ1n) is 16.6. The number of carboxylic acid groups (broad SMARTS) is 1. The van der Waals surface area contributed by atoms with E-state index >= 15 is 0 Å². The molecule has 1 N–H and O–H groups in total. The fraction of sp³-hybridized carbons (Fsp3) is 0.771. The largest absolute Gasteiger partial charge is 0.478 e. The van der Waals surface area contributed by atoms with Crippen LogP contribution in [-0.2, 0) is 4.74 Å². The van der Waals surface area contributed by atoms with Gasteiger partial charge in [0, 0.05) is 0 Å². The van der Waals surface area contributed by atoms with E-state index in [0.717, 1.165) is 25.7 Å². The quantitative estimate of drug-likeness (QED) is 0.0930. The highest BCUT2D eigenvalue weighted by Gasteiger charge is 2.27. The van der Waals surface area contributed by atoms with Crippen LogP contribution in [0.5, 0.6) is 0 Å². The summed E-state index contributed by atoms with van der Waals surface area (Å²) in [6.07, 6.45) is 26.7. The van der Waals surface area contributed by atoms with Crippen LogP contribution in [0.3, 0.4) is 0 Å². The van der Waals surface area contributed by atoms with Crippen molar-refractivity contribution in [3.63, 3.8) is 0 Å². The lowest BCUT2D eigenvalue weighted by Crippen LogP contribution is -2.28. The van der Waals surface area contributed by atoms with Gasteiger partial charge < -0.3 is 9.84 Å². The average Bonchev–Trinajstić information content (AvgIpc) is 2.94. The van der Waals surface area contributed by atoms with Crippen molar-refractivity contribution < 1.29 is 19.4 Å². The molecule has 4 heteroatoms. The van der Waals surface area contributed by atoms with Gasteiger partial charge in [-0.2, -0.15) is 0 Å². The van der Waals surface area contributed by atoms with Crippen LogP contribution in [0.25, 0.3) is 0 Å². The third-order valence-corrected chi connectivity index (χ3v) is 8.11. The minimum Gasteiger partial charge on any atom is -0.478 e. The number of carbonyl (C=O) groups excluding carboxylic acids is 1. The highest BCUT2D eigenvalue weighted by Crippen LogP contribution is 2.29. The topological polar surface area (TPSA) is 63.6 Å². The number of esters is 1. The molecule has 224 valence electrons. The van der Waals surface area contributed by atoms with E-state index < -0.39 is 11.9 Å². The van der Waals surface area contributed by atoms with E-state index in [0.29, 0.717) is 5.92 Å². The smallest absolute Gasteiger partial charge is 0.339 e. The summed E-state index contributed by atoms with van der Waals surface area (Å²) < 4.78 is 6.22. The monoisotopic (exact) mass is 544 g/mol. The molecule has 0 saturated carbocycles. The highest BCUT2D eigenvalue weighted by molar-refractivity contribution is 6.02. The zero-order chi connectivity index (χ0) is 28.6. The Balaban J connectivity index is 2.88. The van der Waals surface area contributed by atoms with Gasteiger partial charge in [0.15, 0.2) is 0 Å². The van der Waals surface area contributed by atoms with Gasteiger partial charge in [0.2, 0.25) is 0 Å². The number of hydrogen-bond donors (Lipinski definition) is 1. The van der Waals surface area contributed by atoms with Gasteiger partial charge in [-0.3, -0.25) is 0 Å². The number of rotatable bonds is 26. The minimum atomic E-state index is -1.08. The molecular formula is C35H60O4. The van der Waals surface area contributed by atoms with Crippen molar-refractivity contribution in [3.8, 4) is 0 Å². The van der Waals surface area contributed by atoms with E-state index in [1.165, 1.54) is 122 Å². The van der Waals surface area contributed by atoms with Crippen molar-refractivity contribution in [1.29, 1.82) is 0 Å². The van der Waals surface area contributed by atoms with Crippen molar-refractivity contribution in [2.45, 2.75) is 168 Å². The molecule has 0 radical (unpaired) electrons. The summed E-state index contributed by atoms with van der Waals surface area (Å²) in [6.45, 7) is 6.75.